The van der Waals surface area contributed by atoms with Crippen molar-refractivity contribution in [2.24, 2.45) is 0 Å². The highest BCUT2D eigenvalue weighted by Gasteiger charge is 2.36. The van der Waals surface area contributed by atoms with E-state index >= 15 is 0 Å². The van der Waals surface area contributed by atoms with Crippen molar-refractivity contribution in [1.29, 1.82) is 0 Å². The summed E-state index contributed by atoms with van der Waals surface area (Å²) < 4.78 is 7.48. The monoisotopic (exact) mass is 476 g/mol. The van der Waals surface area contributed by atoms with Crippen LogP contribution in [0.25, 0.3) is 10.8 Å². The minimum Gasteiger partial charge on any atom is -0.415 e. The fraction of sp³-hybridized carbons (Fsp3) is 0.500. The van der Waals surface area contributed by atoms with Gasteiger partial charge in [0.2, 0.25) is 0 Å². The largest absolute Gasteiger partial charge is 0.415 e. The molecule has 2 aromatic rings. The van der Waals surface area contributed by atoms with E-state index in [9.17, 15) is 0 Å². The fourth-order valence-electron chi connectivity index (χ4n) is 2.27. The maximum atomic E-state index is 6.30. The van der Waals surface area contributed by atoms with Gasteiger partial charge < -0.3 is 9.33 Å². The number of benzene rings is 1. The Bertz CT molecular complexity index is 731. The molecule has 0 aliphatic carbocycles. The molecule has 0 atom stereocenters. The first-order chi connectivity index (χ1) is 11.0. The molecule has 0 fully saturated rings. The SMILES string of the molecule is CN(CCO[Si](C)(C)C(C)(C)C)c1ccc(I)c2cnc(Cl)cc12. The molecule has 0 aliphatic rings. The van der Waals surface area contributed by atoms with Gasteiger partial charge in [-0.3, -0.25) is 0 Å². The maximum Gasteiger partial charge on any atom is 0.192 e. The summed E-state index contributed by atoms with van der Waals surface area (Å²) in [5, 5.41) is 3.03. The molecule has 2 rings (SSSR count). The molecule has 0 N–H and O–H groups in total. The van der Waals surface area contributed by atoms with E-state index in [1.54, 1.807) is 0 Å². The normalized spacial score (nSPS) is 12.7. The lowest BCUT2D eigenvalue weighted by molar-refractivity contribution is 0.296. The van der Waals surface area contributed by atoms with Gasteiger partial charge in [0.05, 0.1) is 6.61 Å². The number of likely N-dealkylation sites (N-methyl/N-ethyl adjacent to an activating group) is 1. The van der Waals surface area contributed by atoms with Gasteiger partial charge in [-0.1, -0.05) is 32.4 Å². The van der Waals surface area contributed by atoms with Crippen molar-refractivity contribution in [2.75, 3.05) is 25.1 Å². The van der Waals surface area contributed by atoms with Gasteiger partial charge in [0.15, 0.2) is 8.32 Å². The molecule has 0 bridgehead atoms. The molecule has 0 radical (unpaired) electrons. The average Bonchev–Trinajstić information content (AvgIpc) is 2.45. The molecule has 0 aliphatic heterocycles. The van der Waals surface area contributed by atoms with E-state index in [0.29, 0.717) is 5.15 Å². The van der Waals surface area contributed by atoms with E-state index in [2.05, 4.69) is 85.5 Å². The average molecular weight is 477 g/mol. The molecule has 0 spiro atoms. The number of pyridine rings is 1. The van der Waals surface area contributed by atoms with E-state index in [-0.39, 0.29) is 5.04 Å². The van der Waals surface area contributed by atoms with Crippen LogP contribution in [0.1, 0.15) is 20.8 Å². The Morgan fingerprint density at radius 3 is 2.54 bits per heavy atom. The van der Waals surface area contributed by atoms with E-state index in [4.69, 9.17) is 16.0 Å². The Morgan fingerprint density at radius 1 is 1.25 bits per heavy atom. The Kier molecular flexibility index (Phi) is 6.21. The molecular weight excluding hydrogens is 451 g/mol. The summed E-state index contributed by atoms with van der Waals surface area (Å²) in [5.74, 6) is 0. The quantitative estimate of drug-likeness (QED) is 0.303. The van der Waals surface area contributed by atoms with Gasteiger partial charge in [-0.05, 0) is 58.9 Å². The van der Waals surface area contributed by atoms with Crippen LogP contribution in [0.15, 0.2) is 24.4 Å². The van der Waals surface area contributed by atoms with Crippen LogP contribution in [0, 0.1) is 3.57 Å². The smallest absolute Gasteiger partial charge is 0.192 e. The number of hydrogen-bond acceptors (Lipinski definition) is 3. The van der Waals surface area contributed by atoms with Crippen molar-refractivity contribution < 1.29 is 4.43 Å². The van der Waals surface area contributed by atoms with Crippen LogP contribution in [0.3, 0.4) is 0 Å². The van der Waals surface area contributed by atoms with E-state index in [0.717, 1.165) is 29.6 Å². The number of halogens is 2. The Hall–Kier alpha value is -0.373. The molecule has 1 heterocycles. The summed E-state index contributed by atoms with van der Waals surface area (Å²) in [4.78, 5) is 6.45. The Morgan fingerprint density at radius 2 is 1.92 bits per heavy atom. The molecule has 3 nitrogen and oxygen atoms in total. The van der Waals surface area contributed by atoms with Crippen LogP contribution in [-0.4, -0.2) is 33.5 Å². The van der Waals surface area contributed by atoms with E-state index < -0.39 is 8.32 Å². The van der Waals surface area contributed by atoms with E-state index in [1.165, 1.54) is 3.57 Å². The molecule has 0 amide bonds. The molecule has 1 aromatic heterocycles. The summed E-state index contributed by atoms with van der Waals surface area (Å²) >= 11 is 8.45. The van der Waals surface area contributed by atoms with Crippen molar-refractivity contribution in [3.05, 3.63) is 33.1 Å². The molecule has 0 saturated heterocycles. The number of hydrogen-bond donors (Lipinski definition) is 0. The lowest BCUT2D eigenvalue weighted by Crippen LogP contribution is -2.42. The number of fused-ring (bicyclic) bond motifs is 1. The molecule has 6 heteroatoms. The molecule has 132 valence electrons. The van der Waals surface area contributed by atoms with Crippen LogP contribution in [0.5, 0.6) is 0 Å². The lowest BCUT2D eigenvalue weighted by atomic mass is 10.1. The van der Waals surface area contributed by atoms with E-state index in [1.807, 2.05) is 12.3 Å². The van der Waals surface area contributed by atoms with Crippen molar-refractivity contribution >= 4 is 59.0 Å². The third kappa shape index (κ3) is 4.42. The summed E-state index contributed by atoms with van der Waals surface area (Å²) in [6.45, 7) is 13.0. The first kappa shape index (κ1) is 19.9. The highest BCUT2D eigenvalue weighted by atomic mass is 127. The summed E-state index contributed by atoms with van der Waals surface area (Å²) in [6, 6.07) is 6.21. The standard InChI is InChI=1S/C18H26ClIN2OSi/c1-18(2,3)24(5,6)23-10-9-22(4)16-8-7-15(20)14-12-21-17(19)11-13(14)16/h7-8,11-12H,9-10H2,1-6H3. The van der Waals surface area contributed by atoms with Crippen LogP contribution in [0.2, 0.25) is 23.3 Å². The number of nitrogens with zero attached hydrogens (tertiary/aromatic N) is 2. The summed E-state index contributed by atoms with van der Waals surface area (Å²) in [5.41, 5.74) is 1.16. The second kappa shape index (κ2) is 7.48. The zero-order valence-corrected chi connectivity index (χ0v) is 19.2. The van der Waals surface area contributed by atoms with Crippen molar-refractivity contribution in [1.82, 2.24) is 4.98 Å². The molecule has 0 unspecified atom stereocenters. The fourth-order valence-corrected chi connectivity index (χ4v) is 4.07. The van der Waals surface area contributed by atoms with Crippen molar-refractivity contribution in [2.45, 2.75) is 38.9 Å². The molecule has 0 saturated carbocycles. The molecule has 24 heavy (non-hydrogen) atoms. The molecular formula is C18H26ClIN2OSi. The highest BCUT2D eigenvalue weighted by molar-refractivity contribution is 14.1. The third-order valence-electron chi connectivity index (χ3n) is 4.90. The predicted octanol–water partition coefficient (Wildman–Crippen LogP) is 5.95. The minimum absolute atomic E-state index is 0.236. The zero-order valence-electron chi connectivity index (χ0n) is 15.3. The van der Waals surface area contributed by atoms with Crippen LogP contribution >= 0.6 is 34.2 Å². The van der Waals surface area contributed by atoms with Crippen LogP contribution < -0.4 is 4.90 Å². The van der Waals surface area contributed by atoms with Gasteiger partial charge in [-0.25, -0.2) is 4.98 Å². The van der Waals surface area contributed by atoms with Gasteiger partial charge in [0.1, 0.15) is 5.15 Å². The number of rotatable bonds is 5. The topological polar surface area (TPSA) is 25.4 Å². The summed E-state index contributed by atoms with van der Waals surface area (Å²) in [6.07, 6.45) is 1.85. The van der Waals surface area contributed by atoms with Crippen LogP contribution in [0.4, 0.5) is 5.69 Å². The van der Waals surface area contributed by atoms with Crippen LogP contribution in [-0.2, 0) is 4.43 Å². The lowest BCUT2D eigenvalue weighted by Gasteiger charge is -2.36. The minimum atomic E-state index is -1.70. The first-order valence-corrected chi connectivity index (χ1v) is 12.5. The van der Waals surface area contributed by atoms with Gasteiger partial charge >= 0.3 is 0 Å². The van der Waals surface area contributed by atoms with Gasteiger partial charge in [-0.2, -0.15) is 0 Å². The second-order valence-corrected chi connectivity index (χ2v) is 14.0. The third-order valence-corrected chi connectivity index (χ3v) is 10.6. The van der Waals surface area contributed by atoms with Gasteiger partial charge in [-0.15, -0.1) is 0 Å². The predicted molar refractivity (Wildman–Crippen MR) is 116 cm³/mol. The second-order valence-electron chi connectivity index (χ2n) is 7.65. The Balaban J connectivity index is 2.16. The molecule has 1 aromatic carbocycles. The van der Waals surface area contributed by atoms with Gasteiger partial charge in [0, 0.05) is 39.8 Å². The first-order valence-electron chi connectivity index (χ1n) is 8.12. The van der Waals surface area contributed by atoms with Crippen molar-refractivity contribution in [3.8, 4) is 0 Å². The maximum absolute atomic E-state index is 6.30. The van der Waals surface area contributed by atoms with Gasteiger partial charge in [0.25, 0.3) is 0 Å². The number of aromatic nitrogens is 1. The highest BCUT2D eigenvalue weighted by Crippen LogP contribution is 2.36. The zero-order chi connectivity index (χ0) is 18.1. The Labute approximate surface area is 165 Å². The van der Waals surface area contributed by atoms with Crippen molar-refractivity contribution in [3.63, 3.8) is 0 Å². The number of anilines is 1. The summed E-state index contributed by atoms with van der Waals surface area (Å²) in [7, 11) is 0.399.